The molecular formula is C16H20ClN3O2. The number of carbonyl (C=O) groups excluding carboxylic acids is 1. The van der Waals surface area contributed by atoms with Gasteiger partial charge >= 0.3 is 0 Å². The number of halogens is 1. The molecule has 1 saturated carbocycles. The van der Waals surface area contributed by atoms with Gasteiger partial charge in [0.05, 0.1) is 11.6 Å². The van der Waals surface area contributed by atoms with Crippen molar-refractivity contribution >= 4 is 24.0 Å². The molecule has 0 saturated heterocycles. The maximum absolute atomic E-state index is 12.5. The lowest BCUT2D eigenvalue weighted by molar-refractivity contribution is -0.124. The van der Waals surface area contributed by atoms with E-state index in [2.05, 4.69) is 10.3 Å². The predicted molar refractivity (Wildman–Crippen MR) is 87.8 cm³/mol. The second-order valence-electron chi connectivity index (χ2n) is 5.59. The maximum atomic E-state index is 12.5. The summed E-state index contributed by atoms with van der Waals surface area (Å²) in [6.07, 6.45) is 6.93. The normalized spacial score (nSPS) is 16.0. The lowest BCUT2D eigenvalue weighted by Gasteiger charge is -2.25. The van der Waals surface area contributed by atoms with Gasteiger partial charge in [-0.05, 0) is 25.0 Å². The van der Waals surface area contributed by atoms with Crippen LogP contribution in [0.4, 0.5) is 5.69 Å². The van der Waals surface area contributed by atoms with E-state index in [4.69, 9.17) is 10.2 Å². The largest absolute Gasteiger partial charge is 0.444 e. The van der Waals surface area contributed by atoms with E-state index in [0.29, 0.717) is 12.3 Å². The number of nitrogens with one attached hydrogen (secondary N) is 1. The van der Waals surface area contributed by atoms with E-state index in [1.54, 1.807) is 6.20 Å². The lowest BCUT2D eigenvalue weighted by Crippen LogP contribution is -2.40. The molecule has 1 aromatic heterocycles. The zero-order valence-electron chi connectivity index (χ0n) is 12.2. The fraction of sp³-hybridized carbons (Fsp3) is 0.375. The number of anilines is 1. The summed E-state index contributed by atoms with van der Waals surface area (Å²) in [7, 11) is 0. The van der Waals surface area contributed by atoms with Gasteiger partial charge in [-0.25, -0.2) is 4.98 Å². The Hall–Kier alpha value is -1.85. The van der Waals surface area contributed by atoms with E-state index < -0.39 is 5.41 Å². The lowest BCUT2D eigenvalue weighted by atomic mass is 9.85. The van der Waals surface area contributed by atoms with Crippen molar-refractivity contribution in [2.75, 3.05) is 11.9 Å². The first-order valence-corrected chi connectivity index (χ1v) is 7.24. The van der Waals surface area contributed by atoms with Crippen molar-refractivity contribution in [1.29, 1.82) is 0 Å². The average molecular weight is 322 g/mol. The van der Waals surface area contributed by atoms with E-state index in [9.17, 15) is 4.79 Å². The number of hydrogen-bond acceptors (Lipinski definition) is 4. The summed E-state index contributed by atoms with van der Waals surface area (Å²) in [5.74, 6) is 0.706. The molecule has 1 heterocycles. The highest BCUT2D eigenvalue weighted by molar-refractivity contribution is 5.96. The third-order valence-electron chi connectivity index (χ3n) is 4.27. The summed E-state index contributed by atoms with van der Waals surface area (Å²) in [4.78, 5) is 16.4. The van der Waals surface area contributed by atoms with Crippen molar-refractivity contribution in [3.05, 3.63) is 36.9 Å². The van der Waals surface area contributed by atoms with Gasteiger partial charge in [-0.15, -0.1) is 12.4 Å². The minimum Gasteiger partial charge on any atom is -0.444 e. The first kappa shape index (κ1) is 16.5. The zero-order chi connectivity index (χ0) is 14.7. The quantitative estimate of drug-likeness (QED) is 0.906. The molecule has 1 aliphatic rings. The third-order valence-corrected chi connectivity index (χ3v) is 4.27. The molecule has 1 aromatic carbocycles. The van der Waals surface area contributed by atoms with Gasteiger partial charge in [-0.2, -0.15) is 0 Å². The summed E-state index contributed by atoms with van der Waals surface area (Å²) in [6.45, 7) is 0.403. The fourth-order valence-corrected chi connectivity index (χ4v) is 2.95. The second kappa shape index (κ2) is 6.94. The first-order chi connectivity index (χ1) is 10.2. The molecule has 0 spiro atoms. The van der Waals surface area contributed by atoms with E-state index in [1.807, 2.05) is 24.3 Å². The van der Waals surface area contributed by atoms with E-state index in [-0.39, 0.29) is 18.3 Å². The number of carbonyl (C=O) groups is 1. The Kier molecular flexibility index (Phi) is 5.21. The number of amides is 1. The summed E-state index contributed by atoms with van der Waals surface area (Å²) in [5, 5.41) is 3.00. The fourth-order valence-electron chi connectivity index (χ4n) is 2.95. The predicted octanol–water partition coefficient (Wildman–Crippen LogP) is 3.22. The molecule has 1 aliphatic carbocycles. The summed E-state index contributed by atoms with van der Waals surface area (Å²) >= 11 is 0. The van der Waals surface area contributed by atoms with Crippen LogP contribution in [0.25, 0.3) is 11.3 Å². The Morgan fingerprint density at radius 3 is 2.77 bits per heavy atom. The van der Waals surface area contributed by atoms with E-state index in [1.165, 1.54) is 6.39 Å². The van der Waals surface area contributed by atoms with Crippen molar-refractivity contribution in [3.8, 4) is 11.3 Å². The molecule has 0 radical (unpaired) electrons. The highest BCUT2D eigenvalue weighted by Crippen LogP contribution is 2.38. The molecule has 0 aliphatic heterocycles. The molecule has 1 fully saturated rings. The molecule has 0 unspecified atom stereocenters. The summed E-state index contributed by atoms with van der Waals surface area (Å²) in [5.41, 5.74) is 7.09. The molecule has 3 N–H and O–H groups in total. The Morgan fingerprint density at radius 2 is 2.14 bits per heavy atom. The van der Waals surface area contributed by atoms with Crippen LogP contribution in [0.2, 0.25) is 0 Å². The van der Waals surface area contributed by atoms with Crippen LogP contribution >= 0.6 is 12.4 Å². The van der Waals surface area contributed by atoms with Gasteiger partial charge in [0.25, 0.3) is 0 Å². The number of rotatable bonds is 4. The summed E-state index contributed by atoms with van der Waals surface area (Å²) in [6, 6.07) is 7.57. The van der Waals surface area contributed by atoms with Crippen LogP contribution in [0.15, 0.2) is 41.3 Å². The van der Waals surface area contributed by atoms with Crippen molar-refractivity contribution in [2.24, 2.45) is 11.1 Å². The molecule has 3 rings (SSSR count). The monoisotopic (exact) mass is 321 g/mol. The van der Waals surface area contributed by atoms with Crippen LogP contribution in [0.1, 0.15) is 25.7 Å². The van der Waals surface area contributed by atoms with Crippen LogP contribution in [0.3, 0.4) is 0 Å². The Labute approximate surface area is 135 Å². The smallest absolute Gasteiger partial charge is 0.231 e. The highest BCUT2D eigenvalue weighted by Gasteiger charge is 2.39. The van der Waals surface area contributed by atoms with E-state index >= 15 is 0 Å². The number of oxazole rings is 1. The zero-order valence-corrected chi connectivity index (χ0v) is 13.1. The topological polar surface area (TPSA) is 81.2 Å². The van der Waals surface area contributed by atoms with Crippen molar-refractivity contribution in [1.82, 2.24) is 4.98 Å². The third kappa shape index (κ3) is 3.15. The van der Waals surface area contributed by atoms with Gasteiger partial charge in [0, 0.05) is 17.8 Å². The van der Waals surface area contributed by atoms with Gasteiger partial charge in [0.1, 0.15) is 0 Å². The molecule has 1 amide bonds. The van der Waals surface area contributed by atoms with Crippen LogP contribution in [-0.2, 0) is 4.79 Å². The number of benzene rings is 1. The first-order valence-electron chi connectivity index (χ1n) is 7.24. The Balaban J connectivity index is 0.00000176. The Morgan fingerprint density at radius 1 is 1.36 bits per heavy atom. The molecule has 2 aromatic rings. The maximum Gasteiger partial charge on any atom is 0.231 e. The van der Waals surface area contributed by atoms with Gasteiger partial charge in [0.15, 0.2) is 12.2 Å². The Bertz CT molecular complexity index is 622. The molecule has 6 heteroatoms. The molecule has 5 nitrogen and oxygen atoms in total. The number of aromatic nitrogens is 1. The van der Waals surface area contributed by atoms with Crippen molar-refractivity contribution in [2.45, 2.75) is 25.7 Å². The van der Waals surface area contributed by atoms with Crippen LogP contribution < -0.4 is 11.1 Å². The summed E-state index contributed by atoms with van der Waals surface area (Å²) < 4.78 is 5.28. The minimum absolute atomic E-state index is 0. The number of nitrogens with zero attached hydrogens (tertiary/aromatic N) is 1. The molecule has 22 heavy (non-hydrogen) atoms. The molecule has 0 bridgehead atoms. The van der Waals surface area contributed by atoms with Gasteiger partial charge in [-0.3, -0.25) is 4.79 Å². The molecule has 118 valence electrons. The van der Waals surface area contributed by atoms with Crippen LogP contribution in [0, 0.1) is 5.41 Å². The molecule has 0 atom stereocenters. The second-order valence-corrected chi connectivity index (χ2v) is 5.59. The van der Waals surface area contributed by atoms with Gasteiger partial charge < -0.3 is 15.5 Å². The standard InChI is InChI=1S/C16H19N3O2.ClH/c17-10-16(6-1-2-7-16)15(20)19-13-5-3-4-12(8-13)14-9-18-11-21-14;/h3-5,8-9,11H,1-2,6-7,10,17H2,(H,19,20);1H. The SMILES string of the molecule is Cl.NCC1(C(=O)Nc2cccc(-c3cnco3)c2)CCCC1. The van der Waals surface area contributed by atoms with Crippen LogP contribution in [0.5, 0.6) is 0 Å². The van der Waals surface area contributed by atoms with Crippen LogP contribution in [-0.4, -0.2) is 17.4 Å². The van der Waals surface area contributed by atoms with Gasteiger partial charge in [-0.1, -0.05) is 25.0 Å². The van der Waals surface area contributed by atoms with Crippen molar-refractivity contribution < 1.29 is 9.21 Å². The highest BCUT2D eigenvalue weighted by atomic mass is 35.5. The average Bonchev–Trinajstić information content (AvgIpc) is 3.20. The van der Waals surface area contributed by atoms with E-state index in [0.717, 1.165) is 36.9 Å². The number of hydrogen-bond donors (Lipinski definition) is 2. The van der Waals surface area contributed by atoms with Gasteiger partial charge in [0.2, 0.25) is 5.91 Å². The minimum atomic E-state index is -0.401. The molecular weight excluding hydrogens is 302 g/mol. The van der Waals surface area contributed by atoms with Crippen molar-refractivity contribution in [3.63, 3.8) is 0 Å². The number of nitrogens with two attached hydrogens (primary N) is 1.